The van der Waals surface area contributed by atoms with E-state index in [0.29, 0.717) is 0 Å². The molecule has 1 amide bonds. The van der Waals surface area contributed by atoms with Crippen molar-refractivity contribution in [3.05, 3.63) is 29.8 Å². The molecule has 1 rings (SSSR count). The Kier molecular flexibility index (Phi) is 5.33. The fraction of sp³-hybridized carbons (Fsp3) is 0.364. The van der Waals surface area contributed by atoms with Gasteiger partial charge in [-0.25, -0.2) is 0 Å². The molecule has 0 fully saturated rings. The lowest BCUT2D eigenvalue weighted by molar-refractivity contribution is -0.274. The summed E-state index contributed by atoms with van der Waals surface area (Å²) in [6.45, 7) is 0.00560. The fourth-order valence-corrected chi connectivity index (χ4v) is 1.61. The molecular formula is C11H12F3NO2S. The van der Waals surface area contributed by atoms with Crippen molar-refractivity contribution < 1.29 is 22.7 Å². The third-order valence-corrected chi connectivity index (χ3v) is 2.50. The van der Waals surface area contributed by atoms with Crippen LogP contribution in [-0.2, 0) is 11.3 Å². The molecule has 0 aliphatic carbocycles. The second-order valence-corrected chi connectivity index (χ2v) is 4.23. The molecule has 0 spiro atoms. The molecule has 0 aliphatic rings. The third kappa shape index (κ3) is 5.31. The Hall–Kier alpha value is -1.37. The molecule has 7 heteroatoms. The van der Waals surface area contributed by atoms with E-state index in [4.69, 9.17) is 0 Å². The number of ether oxygens (including phenoxy) is 1. The lowest BCUT2D eigenvalue weighted by Crippen LogP contribution is -2.25. The van der Waals surface area contributed by atoms with E-state index in [2.05, 4.69) is 10.1 Å². The Balaban J connectivity index is 2.67. The number of alkyl halides is 3. The van der Waals surface area contributed by atoms with Gasteiger partial charge >= 0.3 is 6.36 Å². The Morgan fingerprint density at radius 1 is 1.39 bits per heavy atom. The van der Waals surface area contributed by atoms with Gasteiger partial charge in [0.1, 0.15) is 5.75 Å². The average molecular weight is 279 g/mol. The summed E-state index contributed by atoms with van der Waals surface area (Å²) in [6.07, 6.45) is -2.97. The topological polar surface area (TPSA) is 38.3 Å². The quantitative estimate of drug-likeness (QED) is 0.900. The number of thioether (sulfide) groups is 1. The maximum Gasteiger partial charge on any atom is 0.573 e. The van der Waals surface area contributed by atoms with Crippen molar-refractivity contribution in [1.29, 1.82) is 0 Å². The zero-order valence-corrected chi connectivity index (χ0v) is 10.4. The SMILES string of the molecule is CSCC(=O)NCc1ccccc1OC(F)(F)F. The van der Waals surface area contributed by atoms with Crippen LogP contribution in [0.3, 0.4) is 0 Å². The summed E-state index contributed by atoms with van der Waals surface area (Å²) in [6, 6.07) is 5.71. The van der Waals surface area contributed by atoms with Crippen LogP contribution >= 0.6 is 11.8 Å². The molecule has 0 unspecified atom stereocenters. The van der Waals surface area contributed by atoms with Gasteiger partial charge in [-0.3, -0.25) is 4.79 Å². The number of rotatable bonds is 5. The normalized spacial score (nSPS) is 11.1. The first kappa shape index (κ1) is 14.7. The van der Waals surface area contributed by atoms with Gasteiger partial charge in [-0.1, -0.05) is 18.2 Å². The molecule has 1 aromatic rings. The van der Waals surface area contributed by atoms with E-state index in [1.807, 2.05) is 0 Å². The summed E-state index contributed by atoms with van der Waals surface area (Å²) in [5, 5.41) is 2.52. The Morgan fingerprint density at radius 2 is 2.06 bits per heavy atom. The van der Waals surface area contributed by atoms with Crippen molar-refractivity contribution in [2.45, 2.75) is 12.9 Å². The minimum absolute atomic E-state index is 0.00560. The largest absolute Gasteiger partial charge is 0.573 e. The summed E-state index contributed by atoms with van der Waals surface area (Å²) in [5.41, 5.74) is 0.282. The van der Waals surface area contributed by atoms with Gasteiger partial charge in [0.2, 0.25) is 5.91 Å². The van der Waals surface area contributed by atoms with Crippen molar-refractivity contribution in [2.75, 3.05) is 12.0 Å². The van der Waals surface area contributed by atoms with E-state index in [-0.39, 0.29) is 29.5 Å². The molecule has 0 saturated carbocycles. The highest BCUT2D eigenvalue weighted by Gasteiger charge is 2.31. The number of hydrogen-bond acceptors (Lipinski definition) is 3. The number of para-hydroxylation sites is 1. The van der Waals surface area contributed by atoms with Crippen LogP contribution in [0.2, 0.25) is 0 Å². The van der Waals surface area contributed by atoms with Gasteiger partial charge in [-0.2, -0.15) is 11.8 Å². The standard InChI is InChI=1S/C11H12F3NO2S/c1-18-7-10(16)15-6-8-4-2-3-5-9(8)17-11(12,13)14/h2-5H,6-7H2,1H3,(H,15,16). The summed E-state index contributed by atoms with van der Waals surface area (Å²) in [5.74, 6) is -0.263. The maximum absolute atomic E-state index is 12.1. The number of halogens is 3. The van der Waals surface area contributed by atoms with E-state index >= 15 is 0 Å². The summed E-state index contributed by atoms with van der Waals surface area (Å²) in [7, 11) is 0. The van der Waals surface area contributed by atoms with Crippen LogP contribution in [0.4, 0.5) is 13.2 Å². The van der Waals surface area contributed by atoms with Crippen molar-refractivity contribution >= 4 is 17.7 Å². The Morgan fingerprint density at radius 3 is 2.67 bits per heavy atom. The van der Waals surface area contributed by atoms with Crippen LogP contribution in [0, 0.1) is 0 Å². The molecule has 18 heavy (non-hydrogen) atoms. The zero-order valence-electron chi connectivity index (χ0n) is 9.58. The molecule has 0 aromatic heterocycles. The monoisotopic (exact) mass is 279 g/mol. The predicted molar refractivity (Wildman–Crippen MR) is 63.4 cm³/mol. The minimum Gasteiger partial charge on any atom is -0.405 e. The summed E-state index contributed by atoms with van der Waals surface area (Å²) < 4.78 is 40.3. The molecular weight excluding hydrogens is 267 g/mol. The van der Waals surface area contributed by atoms with Crippen LogP contribution in [-0.4, -0.2) is 24.3 Å². The number of amides is 1. The van der Waals surface area contributed by atoms with Gasteiger partial charge in [0, 0.05) is 12.1 Å². The average Bonchev–Trinajstić information content (AvgIpc) is 2.26. The molecule has 1 aromatic carbocycles. The lowest BCUT2D eigenvalue weighted by atomic mass is 10.2. The molecule has 0 atom stereocenters. The van der Waals surface area contributed by atoms with E-state index in [9.17, 15) is 18.0 Å². The highest BCUT2D eigenvalue weighted by atomic mass is 32.2. The van der Waals surface area contributed by atoms with E-state index < -0.39 is 6.36 Å². The molecule has 100 valence electrons. The third-order valence-electron chi connectivity index (χ3n) is 1.95. The fourth-order valence-electron chi connectivity index (χ4n) is 1.25. The first-order chi connectivity index (χ1) is 8.42. The smallest absolute Gasteiger partial charge is 0.405 e. The van der Waals surface area contributed by atoms with Crippen molar-refractivity contribution in [1.82, 2.24) is 5.32 Å². The predicted octanol–water partition coefficient (Wildman–Crippen LogP) is 2.56. The van der Waals surface area contributed by atoms with Crippen molar-refractivity contribution in [2.24, 2.45) is 0 Å². The number of carbonyl (C=O) groups is 1. The highest BCUT2D eigenvalue weighted by Crippen LogP contribution is 2.25. The maximum atomic E-state index is 12.1. The summed E-state index contributed by atoms with van der Waals surface area (Å²) >= 11 is 1.34. The van der Waals surface area contributed by atoms with Gasteiger partial charge in [0.15, 0.2) is 0 Å². The van der Waals surface area contributed by atoms with Gasteiger partial charge in [0.05, 0.1) is 5.75 Å². The van der Waals surface area contributed by atoms with Gasteiger partial charge in [-0.05, 0) is 12.3 Å². The van der Waals surface area contributed by atoms with Crippen LogP contribution in [0.15, 0.2) is 24.3 Å². The van der Waals surface area contributed by atoms with E-state index in [1.54, 1.807) is 12.3 Å². The Labute approximate surface area is 107 Å². The van der Waals surface area contributed by atoms with Crippen molar-refractivity contribution in [3.8, 4) is 5.75 Å². The highest BCUT2D eigenvalue weighted by molar-refractivity contribution is 7.99. The Bertz CT molecular complexity index is 410. The van der Waals surface area contributed by atoms with Crippen LogP contribution < -0.4 is 10.1 Å². The van der Waals surface area contributed by atoms with Gasteiger partial charge < -0.3 is 10.1 Å². The van der Waals surface area contributed by atoms with E-state index in [0.717, 1.165) is 0 Å². The lowest BCUT2D eigenvalue weighted by Gasteiger charge is -2.13. The minimum atomic E-state index is -4.74. The molecule has 0 radical (unpaired) electrons. The first-order valence-electron chi connectivity index (χ1n) is 5.01. The first-order valence-corrected chi connectivity index (χ1v) is 6.41. The molecule has 0 aliphatic heterocycles. The zero-order chi connectivity index (χ0) is 13.6. The second-order valence-electron chi connectivity index (χ2n) is 3.37. The van der Waals surface area contributed by atoms with Crippen LogP contribution in [0.1, 0.15) is 5.56 Å². The molecule has 1 N–H and O–H groups in total. The molecule has 0 heterocycles. The van der Waals surface area contributed by atoms with Gasteiger partial charge in [0.25, 0.3) is 0 Å². The summed E-state index contributed by atoms with van der Waals surface area (Å²) in [4.78, 5) is 11.2. The van der Waals surface area contributed by atoms with Gasteiger partial charge in [-0.15, -0.1) is 13.2 Å². The van der Waals surface area contributed by atoms with Crippen LogP contribution in [0.5, 0.6) is 5.75 Å². The molecule has 0 bridgehead atoms. The number of nitrogens with one attached hydrogen (secondary N) is 1. The molecule has 3 nitrogen and oxygen atoms in total. The number of hydrogen-bond donors (Lipinski definition) is 1. The molecule has 0 saturated heterocycles. The van der Waals surface area contributed by atoms with E-state index in [1.165, 1.54) is 30.0 Å². The number of carbonyl (C=O) groups excluding carboxylic acids is 1. The second kappa shape index (κ2) is 6.53. The number of benzene rings is 1. The van der Waals surface area contributed by atoms with Crippen LogP contribution in [0.25, 0.3) is 0 Å². The van der Waals surface area contributed by atoms with Crippen molar-refractivity contribution in [3.63, 3.8) is 0 Å².